The molecular weight excluding hydrogens is 344 g/mol. The Balaban J connectivity index is 1.26. The van der Waals surface area contributed by atoms with Gasteiger partial charge in [0.2, 0.25) is 5.91 Å². The number of aryl methyl sites for hydroxylation is 1. The SMILES string of the molecule is C[C@@H]1CN(CCOC2CCN(C(=O)CCCn3cccn3)CC2)C[C@H](C)O1. The van der Waals surface area contributed by atoms with Crippen molar-refractivity contribution >= 4 is 5.91 Å². The van der Waals surface area contributed by atoms with Gasteiger partial charge in [-0.3, -0.25) is 14.4 Å². The van der Waals surface area contributed by atoms with E-state index in [1.807, 2.05) is 21.8 Å². The van der Waals surface area contributed by atoms with Gasteiger partial charge in [0.05, 0.1) is 24.9 Å². The third-order valence-electron chi connectivity index (χ3n) is 5.39. The van der Waals surface area contributed by atoms with Crippen LogP contribution < -0.4 is 0 Å². The molecule has 0 spiro atoms. The summed E-state index contributed by atoms with van der Waals surface area (Å²) >= 11 is 0. The molecule has 152 valence electrons. The lowest BCUT2D eigenvalue weighted by Crippen LogP contribution is -2.47. The summed E-state index contributed by atoms with van der Waals surface area (Å²) in [5.41, 5.74) is 0. The summed E-state index contributed by atoms with van der Waals surface area (Å²) in [7, 11) is 0. The predicted octanol–water partition coefficient (Wildman–Crippen LogP) is 1.78. The highest BCUT2D eigenvalue weighted by atomic mass is 16.5. The van der Waals surface area contributed by atoms with Crippen molar-refractivity contribution in [2.24, 2.45) is 0 Å². The van der Waals surface area contributed by atoms with E-state index in [4.69, 9.17) is 9.47 Å². The summed E-state index contributed by atoms with van der Waals surface area (Å²) in [5.74, 6) is 0.261. The minimum atomic E-state index is 0.261. The molecule has 2 fully saturated rings. The minimum absolute atomic E-state index is 0.261. The van der Waals surface area contributed by atoms with Gasteiger partial charge in [0.15, 0.2) is 0 Å². The molecule has 1 aromatic heterocycles. The van der Waals surface area contributed by atoms with Crippen LogP contribution in [0.5, 0.6) is 0 Å². The number of nitrogens with zero attached hydrogens (tertiary/aromatic N) is 4. The fraction of sp³-hybridized carbons (Fsp3) is 0.800. The third kappa shape index (κ3) is 6.59. The van der Waals surface area contributed by atoms with Crippen molar-refractivity contribution in [3.63, 3.8) is 0 Å². The van der Waals surface area contributed by atoms with Crippen LogP contribution in [0, 0.1) is 0 Å². The molecule has 3 rings (SSSR count). The van der Waals surface area contributed by atoms with Crippen LogP contribution in [0.2, 0.25) is 0 Å². The fourth-order valence-electron chi connectivity index (χ4n) is 4.07. The van der Waals surface area contributed by atoms with E-state index in [-0.39, 0.29) is 12.0 Å². The predicted molar refractivity (Wildman–Crippen MR) is 103 cm³/mol. The first kappa shape index (κ1) is 20.3. The van der Waals surface area contributed by atoms with E-state index in [0.717, 1.165) is 65.1 Å². The van der Waals surface area contributed by atoms with Gasteiger partial charge in [0.25, 0.3) is 0 Å². The summed E-state index contributed by atoms with van der Waals surface area (Å²) in [6.45, 7) is 10.4. The van der Waals surface area contributed by atoms with Crippen LogP contribution in [0.4, 0.5) is 0 Å². The van der Waals surface area contributed by atoms with Gasteiger partial charge in [-0.2, -0.15) is 5.10 Å². The van der Waals surface area contributed by atoms with Crippen LogP contribution in [0.25, 0.3) is 0 Å². The number of carbonyl (C=O) groups excluding carboxylic acids is 1. The van der Waals surface area contributed by atoms with Crippen molar-refractivity contribution in [3.05, 3.63) is 18.5 Å². The Morgan fingerprint density at radius 3 is 2.59 bits per heavy atom. The number of rotatable bonds is 8. The molecule has 0 saturated carbocycles. The lowest BCUT2D eigenvalue weighted by atomic mass is 10.1. The standard InChI is InChI=1S/C20H34N4O3/c1-17-15-22(16-18(2)27-17)13-14-26-19-6-11-23(12-7-19)20(25)5-3-9-24-10-4-8-21-24/h4,8,10,17-19H,3,5-7,9,11-16H2,1-2H3/t17-,18+. The highest BCUT2D eigenvalue weighted by Gasteiger charge is 2.24. The van der Waals surface area contributed by atoms with E-state index in [2.05, 4.69) is 23.8 Å². The summed E-state index contributed by atoms with van der Waals surface area (Å²) in [4.78, 5) is 16.8. The maximum atomic E-state index is 12.4. The van der Waals surface area contributed by atoms with Crippen molar-refractivity contribution in [1.82, 2.24) is 19.6 Å². The average molecular weight is 379 g/mol. The van der Waals surface area contributed by atoms with Crippen molar-refractivity contribution < 1.29 is 14.3 Å². The van der Waals surface area contributed by atoms with E-state index >= 15 is 0 Å². The highest BCUT2D eigenvalue weighted by molar-refractivity contribution is 5.76. The van der Waals surface area contributed by atoms with Gasteiger partial charge in [-0.15, -0.1) is 0 Å². The Labute approximate surface area is 162 Å². The zero-order valence-electron chi connectivity index (χ0n) is 16.8. The maximum absolute atomic E-state index is 12.4. The Kier molecular flexibility index (Phi) is 7.67. The van der Waals surface area contributed by atoms with Crippen LogP contribution in [-0.4, -0.2) is 83.1 Å². The van der Waals surface area contributed by atoms with E-state index in [9.17, 15) is 4.79 Å². The normalized spacial score (nSPS) is 25.0. The Bertz CT molecular complexity index is 548. The lowest BCUT2D eigenvalue weighted by molar-refractivity contribution is -0.134. The van der Waals surface area contributed by atoms with Crippen LogP contribution in [0.1, 0.15) is 39.5 Å². The number of amides is 1. The molecule has 0 radical (unpaired) electrons. The van der Waals surface area contributed by atoms with Crippen molar-refractivity contribution in [3.8, 4) is 0 Å². The second kappa shape index (κ2) is 10.2. The molecule has 2 atom stereocenters. The molecule has 2 aliphatic rings. The number of ether oxygens (including phenoxy) is 2. The molecule has 0 N–H and O–H groups in total. The number of hydrogen-bond acceptors (Lipinski definition) is 5. The molecule has 1 amide bonds. The van der Waals surface area contributed by atoms with Gasteiger partial charge < -0.3 is 14.4 Å². The molecule has 7 nitrogen and oxygen atoms in total. The second-order valence-corrected chi connectivity index (χ2v) is 7.84. The zero-order valence-corrected chi connectivity index (χ0v) is 16.8. The number of likely N-dealkylation sites (tertiary alicyclic amines) is 1. The lowest BCUT2D eigenvalue weighted by Gasteiger charge is -2.36. The van der Waals surface area contributed by atoms with Crippen molar-refractivity contribution in [2.45, 2.75) is 64.4 Å². The van der Waals surface area contributed by atoms with Gasteiger partial charge in [-0.25, -0.2) is 0 Å². The van der Waals surface area contributed by atoms with Gasteiger partial charge in [-0.1, -0.05) is 0 Å². The molecule has 27 heavy (non-hydrogen) atoms. The van der Waals surface area contributed by atoms with Crippen LogP contribution in [-0.2, 0) is 20.8 Å². The van der Waals surface area contributed by atoms with Crippen LogP contribution in [0.3, 0.4) is 0 Å². The summed E-state index contributed by atoms with van der Waals surface area (Å²) in [6, 6.07) is 1.91. The molecule has 0 bridgehead atoms. The Morgan fingerprint density at radius 1 is 1.19 bits per heavy atom. The van der Waals surface area contributed by atoms with Gasteiger partial charge >= 0.3 is 0 Å². The molecule has 0 aliphatic carbocycles. The van der Waals surface area contributed by atoms with Gasteiger partial charge in [0, 0.05) is 58.1 Å². The molecule has 0 unspecified atom stereocenters. The fourth-order valence-corrected chi connectivity index (χ4v) is 4.07. The molecule has 2 saturated heterocycles. The highest BCUT2D eigenvalue weighted by Crippen LogP contribution is 2.16. The van der Waals surface area contributed by atoms with Gasteiger partial charge in [-0.05, 0) is 39.2 Å². The Hall–Kier alpha value is -1.44. The number of carbonyl (C=O) groups is 1. The molecule has 1 aromatic rings. The molecule has 0 aromatic carbocycles. The molecular formula is C20H34N4O3. The third-order valence-corrected chi connectivity index (χ3v) is 5.39. The Morgan fingerprint density at radius 2 is 1.93 bits per heavy atom. The zero-order chi connectivity index (χ0) is 19.1. The van der Waals surface area contributed by atoms with E-state index < -0.39 is 0 Å². The van der Waals surface area contributed by atoms with Crippen LogP contribution in [0.15, 0.2) is 18.5 Å². The minimum Gasteiger partial charge on any atom is -0.377 e. The number of aromatic nitrogens is 2. The maximum Gasteiger partial charge on any atom is 0.222 e. The van der Waals surface area contributed by atoms with Crippen molar-refractivity contribution in [2.75, 3.05) is 39.3 Å². The quantitative estimate of drug-likeness (QED) is 0.690. The van der Waals surface area contributed by atoms with E-state index in [1.54, 1.807) is 6.20 Å². The summed E-state index contributed by atoms with van der Waals surface area (Å²) in [6.07, 6.45) is 7.92. The van der Waals surface area contributed by atoms with E-state index in [1.165, 1.54) is 0 Å². The van der Waals surface area contributed by atoms with Crippen LogP contribution >= 0.6 is 0 Å². The first-order valence-corrected chi connectivity index (χ1v) is 10.3. The topological polar surface area (TPSA) is 59.8 Å². The monoisotopic (exact) mass is 378 g/mol. The molecule has 3 heterocycles. The molecule has 7 heteroatoms. The molecule has 2 aliphatic heterocycles. The average Bonchev–Trinajstić information content (AvgIpc) is 3.15. The number of piperidine rings is 1. The van der Waals surface area contributed by atoms with Crippen molar-refractivity contribution in [1.29, 1.82) is 0 Å². The first-order valence-electron chi connectivity index (χ1n) is 10.3. The summed E-state index contributed by atoms with van der Waals surface area (Å²) < 4.78 is 13.7. The first-order chi connectivity index (χ1) is 13.1. The summed E-state index contributed by atoms with van der Waals surface area (Å²) in [5, 5.41) is 4.17. The largest absolute Gasteiger partial charge is 0.377 e. The number of morpholine rings is 1. The van der Waals surface area contributed by atoms with Gasteiger partial charge in [0.1, 0.15) is 0 Å². The van der Waals surface area contributed by atoms with E-state index in [0.29, 0.717) is 18.6 Å². The second-order valence-electron chi connectivity index (χ2n) is 7.84. The number of hydrogen-bond donors (Lipinski definition) is 0. The smallest absolute Gasteiger partial charge is 0.222 e.